The summed E-state index contributed by atoms with van der Waals surface area (Å²) in [7, 11) is -3.57. The van der Waals surface area contributed by atoms with E-state index in [-0.39, 0.29) is 4.90 Å². The van der Waals surface area contributed by atoms with Crippen LogP contribution >= 0.6 is 0 Å². The number of rotatable bonds is 4. The number of nitrogens with one attached hydrogen (secondary N) is 2. The lowest BCUT2D eigenvalue weighted by Gasteiger charge is -2.26. The molecule has 0 unspecified atom stereocenters. The fourth-order valence-corrected chi connectivity index (χ4v) is 4.01. The Morgan fingerprint density at radius 1 is 1.04 bits per heavy atom. The van der Waals surface area contributed by atoms with Crippen LogP contribution in [-0.2, 0) is 14.8 Å². The van der Waals surface area contributed by atoms with Crippen molar-refractivity contribution in [2.24, 2.45) is 0 Å². The van der Waals surface area contributed by atoms with Crippen molar-refractivity contribution in [2.75, 3.05) is 36.9 Å². The molecular weight excluding hydrogens is 368 g/mol. The summed E-state index contributed by atoms with van der Waals surface area (Å²) < 4.78 is 31.7. The number of anilines is 2. The summed E-state index contributed by atoms with van der Waals surface area (Å²) >= 11 is 0. The average molecular weight is 386 g/mol. The van der Waals surface area contributed by atoms with Gasteiger partial charge in [-0.25, -0.2) is 13.2 Å². The topological polar surface area (TPSA) is 112 Å². The van der Waals surface area contributed by atoms with E-state index in [1.807, 2.05) is 6.07 Å². The minimum Gasteiger partial charge on any atom is -0.379 e. The fourth-order valence-electron chi connectivity index (χ4n) is 2.61. The van der Waals surface area contributed by atoms with E-state index in [2.05, 4.69) is 10.6 Å². The Balaban J connectivity index is 1.65. The third kappa shape index (κ3) is 4.62. The van der Waals surface area contributed by atoms with Crippen LogP contribution in [0.25, 0.3) is 0 Å². The van der Waals surface area contributed by atoms with E-state index in [0.29, 0.717) is 43.2 Å². The molecule has 0 radical (unpaired) electrons. The Kier molecular flexibility index (Phi) is 5.71. The summed E-state index contributed by atoms with van der Waals surface area (Å²) in [5.41, 5.74) is 1.37. The lowest BCUT2D eigenvalue weighted by Crippen LogP contribution is -2.40. The van der Waals surface area contributed by atoms with Gasteiger partial charge in [0.2, 0.25) is 10.0 Å². The van der Waals surface area contributed by atoms with Gasteiger partial charge in [0.05, 0.1) is 29.7 Å². The minimum absolute atomic E-state index is 0.164. The second kappa shape index (κ2) is 8.18. The first-order chi connectivity index (χ1) is 13.0. The first-order valence-corrected chi connectivity index (χ1v) is 9.69. The first-order valence-electron chi connectivity index (χ1n) is 8.25. The Labute approximate surface area is 157 Å². The molecule has 27 heavy (non-hydrogen) atoms. The van der Waals surface area contributed by atoms with Crippen molar-refractivity contribution < 1.29 is 17.9 Å². The van der Waals surface area contributed by atoms with Gasteiger partial charge in [-0.1, -0.05) is 6.07 Å². The standard InChI is InChI=1S/C18H18N4O4S/c19-13-14-2-1-3-16(12-14)21-18(23)20-15-4-6-17(7-5-15)27(24,25)22-8-10-26-11-9-22/h1-7,12H,8-11H2,(H2,20,21,23). The van der Waals surface area contributed by atoms with E-state index in [0.717, 1.165) is 0 Å². The predicted octanol–water partition coefficient (Wildman–Crippen LogP) is 2.22. The molecule has 8 nitrogen and oxygen atoms in total. The van der Waals surface area contributed by atoms with E-state index in [1.54, 1.807) is 24.3 Å². The Bertz CT molecular complexity index is 962. The molecule has 0 aliphatic carbocycles. The van der Waals surface area contributed by atoms with Crippen molar-refractivity contribution in [3.05, 3.63) is 54.1 Å². The molecule has 0 aromatic heterocycles. The van der Waals surface area contributed by atoms with Gasteiger partial charge in [-0.2, -0.15) is 9.57 Å². The largest absolute Gasteiger partial charge is 0.379 e. The molecule has 2 N–H and O–H groups in total. The van der Waals surface area contributed by atoms with Crippen LogP contribution in [-0.4, -0.2) is 45.1 Å². The van der Waals surface area contributed by atoms with Gasteiger partial charge in [0.15, 0.2) is 0 Å². The number of nitrogens with zero attached hydrogens (tertiary/aromatic N) is 2. The fraction of sp³-hybridized carbons (Fsp3) is 0.222. The molecule has 3 rings (SSSR count). The van der Waals surface area contributed by atoms with E-state index in [4.69, 9.17) is 10.00 Å². The highest BCUT2D eigenvalue weighted by Gasteiger charge is 2.26. The number of morpholine rings is 1. The smallest absolute Gasteiger partial charge is 0.323 e. The molecule has 0 spiro atoms. The van der Waals surface area contributed by atoms with Crippen molar-refractivity contribution in [3.8, 4) is 6.07 Å². The third-order valence-corrected chi connectivity index (χ3v) is 5.88. The number of amides is 2. The number of hydrogen-bond donors (Lipinski definition) is 2. The molecule has 1 aliphatic rings. The Morgan fingerprint density at radius 2 is 1.70 bits per heavy atom. The summed E-state index contributed by atoms with van der Waals surface area (Å²) in [6, 6.07) is 14.0. The number of carbonyl (C=O) groups is 1. The predicted molar refractivity (Wildman–Crippen MR) is 99.8 cm³/mol. The minimum atomic E-state index is -3.57. The van der Waals surface area contributed by atoms with Crippen LogP contribution in [0.15, 0.2) is 53.4 Å². The highest BCUT2D eigenvalue weighted by Crippen LogP contribution is 2.19. The number of sulfonamides is 1. The summed E-state index contributed by atoms with van der Waals surface area (Å²) in [6.07, 6.45) is 0. The first kappa shape index (κ1) is 18.8. The molecule has 2 amide bonds. The summed E-state index contributed by atoms with van der Waals surface area (Å²) in [5.74, 6) is 0. The van der Waals surface area contributed by atoms with Gasteiger partial charge in [0.25, 0.3) is 0 Å². The molecule has 2 aromatic carbocycles. The zero-order chi connectivity index (χ0) is 19.3. The van der Waals surface area contributed by atoms with Crippen molar-refractivity contribution in [2.45, 2.75) is 4.90 Å². The Hall–Kier alpha value is -2.93. The van der Waals surface area contributed by atoms with Crippen molar-refractivity contribution in [1.29, 1.82) is 5.26 Å². The number of nitriles is 1. The van der Waals surface area contributed by atoms with Gasteiger partial charge in [0.1, 0.15) is 0 Å². The van der Waals surface area contributed by atoms with Gasteiger partial charge < -0.3 is 15.4 Å². The molecule has 2 aromatic rings. The van der Waals surface area contributed by atoms with E-state index in [1.165, 1.54) is 28.6 Å². The second-order valence-corrected chi connectivity index (χ2v) is 7.75. The number of ether oxygens (including phenoxy) is 1. The molecule has 140 valence electrons. The highest BCUT2D eigenvalue weighted by atomic mass is 32.2. The SMILES string of the molecule is N#Cc1cccc(NC(=O)Nc2ccc(S(=O)(=O)N3CCOCC3)cc2)c1. The molecule has 0 saturated carbocycles. The van der Waals surface area contributed by atoms with Gasteiger partial charge in [-0.3, -0.25) is 0 Å². The summed E-state index contributed by atoms with van der Waals surface area (Å²) in [6.45, 7) is 1.41. The van der Waals surface area contributed by atoms with E-state index < -0.39 is 16.1 Å². The number of hydrogen-bond acceptors (Lipinski definition) is 5. The van der Waals surface area contributed by atoms with Crippen LogP contribution in [0.2, 0.25) is 0 Å². The lowest BCUT2D eigenvalue weighted by atomic mass is 10.2. The number of carbonyl (C=O) groups excluding carboxylic acids is 1. The van der Waals surface area contributed by atoms with E-state index in [9.17, 15) is 13.2 Å². The van der Waals surface area contributed by atoms with Crippen LogP contribution in [0, 0.1) is 11.3 Å². The molecule has 0 atom stereocenters. The van der Waals surface area contributed by atoms with Crippen molar-refractivity contribution in [1.82, 2.24) is 4.31 Å². The van der Waals surface area contributed by atoms with Crippen LogP contribution in [0.4, 0.5) is 16.2 Å². The maximum atomic E-state index is 12.6. The van der Waals surface area contributed by atoms with Gasteiger partial charge in [-0.05, 0) is 42.5 Å². The van der Waals surface area contributed by atoms with Gasteiger partial charge in [-0.15, -0.1) is 0 Å². The molecule has 1 aliphatic heterocycles. The monoisotopic (exact) mass is 386 g/mol. The van der Waals surface area contributed by atoms with Crippen molar-refractivity contribution in [3.63, 3.8) is 0 Å². The molecule has 1 heterocycles. The summed E-state index contributed by atoms with van der Waals surface area (Å²) in [4.78, 5) is 12.2. The zero-order valence-electron chi connectivity index (χ0n) is 14.4. The van der Waals surface area contributed by atoms with Gasteiger partial charge >= 0.3 is 6.03 Å². The normalized spacial score (nSPS) is 14.9. The van der Waals surface area contributed by atoms with Crippen molar-refractivity contribution >= 4 is 27.4 Å². The van der Waals surface area contributed by atoms with E-state index >= 15 is 0 Å². The molecule has 1 fully saturated rings. The summed E-state index contributed by atoms with van der Waals surface area (Å²) in [5, 5.41) is 14.1. The molecule has 1 saturated heterocycles. The molecule has 0 bridgehead atoms. The number of urea groups is 1. The molecule has 9 heteroatoms. The van der Waals surface area contributed by atoms with Gasteiger partial charge in [0, 0.05) is 24.5 Å². The lowest BCUT2D eigenvalue weighted by molar-refractivity contribution is 0.0730. The van der Waals surface area contributed by atoms with Crippen LogP contribution in [0.3, 0.4) is 0 Å². The maximum absolute atomic E-state index is 12.6. The van der Waals surface area contributed by atoms with Crippen LogP contribution in [0.1, 0.15) is 5.56 Å². The Morgan fingerprint density at radius 3 is 2.37 bits per heavy atom. The molecular formula is C18H18N4O4S. The zero-order valence-corrected chi connectivity index (χ0v) is 15.2. The third-order valence-electron chi connectivity index (χ3n) is 3.97. The average Bonchev–Trinajstić information content (AvgIpc) is 2.69. The van der Waals surface area contributed by atoms with Crippen LogP contribution in [0.5, 0.6) is 0 Å². The highest BCUT2D eigenvalue weighted by molar-refractivity contribution is 7.89. The number of benzene rings is 2. The maximum Gasteiger partial charge on any atom is 0.323 e. The van der Waals surface area contributed by atoms with Crippen LogP contribution < -0.4 is 10.6 Å². The quantitative estimate of drug-likeness (QED) is 0.837. The second-order valence-electron chi connectivity index (χ2n) is 5.81.